The predicted octanol–water partition coefficient (Wildman–Crippen LogP) is 6.98. The van der Waals surface area contributed by atoms with Gasteiger partial charge >= 0.3 is 6.01 Å². The fourth-order valence-electron chi connectivity index (χ4n) is 8.65. The van der Waals surface area contributed by atoms with Crippen LogP contribution < -0.4 is 15.0 Å². The molecule has 4 aliphatic rings. The van der Waals surface area contributed by atoms with Crippen LogP contribution in [0.5, 0.6) is 6.01 Å². The van der Waals surface area contributed by atoms with Crippen LogP contribution in [0.15, 0.2) is 72.9 Å². The number of benzene rings is 3. The van der Waals surface area contributed by atoms with Crippen LogP contribution in [0.2, 0.25) is 5.02 Å². The summed E-state index contributed by atoms with van der Waals surface area (Å²) in [5.41, 5.74) is 2.40. The van der Waals surface area contributed by atoms with E-state index in [0.29, 0.717) is 46.4 Å². The van der Waals surface area contributed by atoms with Gasteiger partial charge in [0.2, 0.25) is 0 Å². The van der Waals surface area contributed by atoms with E-state index in [9.17, 15) is 0 Å². The van der Waals surface area contributed by atoms with Crippen molar-refractivity contribution in [3.8, 4) is 17.3 Å². The number of nitrogens with zero attached hydrogens (tertiary/aromatic N) is 5. The molecule has 0 spiro atoms. The van der Waals surface area contributed by atoms with E-state index in [4.69, 9.17) is 31.3 Å². The van der Waals surface area contributed by atoms with Gasteiger partial charge in [-0.05, 0) is 61.6 Å². The molecule has 2 aromatic heterocycles. The number of piperazine rings is 1. The molecular weight excluding hydrogens is 599 g/mol. The van der Waals surface area contributed by atoms with Crippen LogP contribution in [0.1, 0.15) is 43.6 Å². The molecule has 7 nitrogen and oxygen atoms in total. The summed E-state index contributed by atoms with van der Waals surface area (Å²) < 4.78 is 23.4. The fraction of sp³-hybridized carbons (Fsp3) is 0.378. The smallest absolute Gasteiger partial charge is 0.319 e. The van der Waals surface area contributed by atoms with Gasteiger partial charge in [0.25, 0.3) is 0 Å². The number of ether oxygens (including phenoxy) is 1. The van der Waals surface area contributed by atoms with Gasteiger partial charge in [-0.1, -0.05) is 72.3 Å². The Balaban J connectivity index is 1.12. The molecule has 2 unspecified atom stereocenters. The minimum absolute atomic E-state index is 0.0746. The van der Waals surface area contributed by atoms with E-state index in [1.54, 1.807) is 6.20 Å². The van der Waals surface area contributed by atoms with Gasteiger partial charge in [0.1, 0.15) is 23.6 Å². The van der Waals surface area contributed by atoms with Crippen molar-refractivity contribution >= 4 is 39.1 Å². The Morgan fingerprint density at radius 2 is 1.76 bits per heavy atom. The van der Waals surface area contributed by atoms with Crippen LogP contribution in [0, 0.1) is 5.82 Å². The van der Waals surface area contributed by atoms with Crippen LogP contribution >= 0.6 is 11.6 Å². The van der Waals surface area contributed by atoms with Gasteiger partial charge in [-0.3, -0.25) is 9.88 Å². The standard InChI is InChI=1S/C37H36ClFN6O/c38-30-12-5-10-24-9-4-11-28(31(24)30)33-32(39)34-29(18-40-33)35(44-20-26-13-14-27(21-44)41-26)43-36(42-34)46-22-37-15-6-16-45(37)19-25(17-37)23-7-2-1-3-8-23/h1-5,7-12,18,25-27,41H,6,13-17,19-22H2/t25?,26-,27+,37?. The van der Waals surface area contributed by atoms with E-state index in [0.717, 1.165) is 69.1 Å². The molecule has 4 aliphatic heterocycles. The van der Waals surface area contributed by atoms with Crippen molar-refractivity contribution in [2.24, 2.45) is 0 Å². The normalized spacial score (nSPS) is 25.9. The van der Waals surface area contributed by atoms with Crippen molar-refractivity contribution in [3.05, 3.63) is 89.3 Å². The first kappa shape index (κ1) is 28.4. The molecule has 0 saturated carbocycles. The van der Waals surface area contributed by atoms with Crippen molar-refractivity contribution in [2.45, 2.75) is 55.6 Å². The molecule has 4 fully saturated rings. The summed E-state index contributed by atoms with van der Waals surface area (Å²) in [6.07, 6.45) is 7.24. The first-order chi connectivity index (χ1) is 22.5. The molecule has 4 saturated heterocycles. The molecule has 234 valence electrons. The van der Waals surface area contributed by atoms with Crippen molar-refractivity contribution < 1.29 is 9.13 Å². The van der Waals surface area contributed by atoms with Crippen molar-refractivity contribution in [3.63, 3.8) is 0 Å². The van der Waals surface area contributed by atoms with Gasteiger partial charge in [-0.2, -0.15) is 9.97 Å². The summed E-state index contributed by atoms with van der Waals surface area (Å²) in [7, 11) is 0. The first-order valence-electron chi connectivity index (χ1n) is 16.5. The molecule has 2 bridgehead atoms. The van der Waals surface area contributed by atoms with Crippen LogP contribution in [0.3, 0.4) is 0 Å². The van der Waals surface area contributed by atoms with Crippen LogP contribution in [-0.4, -0.2) is 70.3 Å². The van der Waals surface area contributed by atoms with Crippen molar-refractivity contribution in [2.75, 3.05) is 37.7 Å². The Hall–Kier alpha value is -3.85. The van der Waals surface area contributed by atoms with Crippen molar-refractivity contribution in [1.29, 1.82) is 0 Å². The van der Waals surface area contributed by atoms with E-state index in [-0.39, 0.29) is 22.8 Å². The Labute approximate surface area is 272 Å². The summed E-state index contributed by atoms with van der Waals surface area (Å²) in [6.45, 7) is 4.18. The topological polar surface area (TPSA) is 66.4 Å². The zero-order valence-electron chi connectivity index (χ0n) is 25.6. The van der Waals surface area contributed by atoms with Gasteiger partial charge in [0.15, 0.2) is 5.82 Å². The summed E-state index contributed by atoms with van der Waals surface area (Å²) in [4.78, 5) is 19.3. The highest BCUT2D eigenvalue weighted by molar-refractivity contribution is 6.36. The third-order valence-corrected chi connectivity index (χ3v) is 11.1. The average molecular weight is 635 g/mol. The first-order valence-corrected chi connectivity index (χ1v) is 16.9. The molecule has 0 aliphatic carbocycles. The summed E-state index contributed by atoms with van der Waals surface area (Å²) in [6, 6.07) is 23.3. The molecule has 1 N–H and O–H groups in total. The maximum Gasteiger partial charge on any atom is 0.319 e. The molecule has 0 radical (unpaired) electrons. The monoisotopic (exact) mass is 634 g/mol. The molecule has 9 heteroatoms. The van der Waals surface area contributed by atoms with E-state index in [2.05, 4.69) is 45.4 Å². The van der Waals surface area contributed by atoms with Crippen molar-refractivity contribution in [1.82, 2.24) is 25.2 Å². The number of anilines is 1. The highest BCUT2D eigenvalue weighted by Gasteiger charge is 2.49. The minimum atomic E-state index is -0.484. The number of hydrogen-bond donors (Lipinski definition) is 1. The number of nitrogens with one attached hydrogen (secondary N) is 1. The predicted molar refractivity (Wildman–Crippen MR) is 180 cm³/mol. The van der Waals surface area contributed by atoms with Gasteiger partial charge < -0.3 is 15.0 Å². The summed E-state index contributed by atoms with van der Waals surface area (Å²) in [5, 5.41) is 6.57. The Bertz CT molecular complexity index is 1940. The third-order valence-electron chi connectivity index (χ3n) is 10.8. The lowest BCUT2D eigenvalue weighted by atomic mass is 9.87. The molecule has 9 rings (SSSR count). The lowest BCUT2D eigenvalue weighted by Crippen LogP contribution is -2.51. The lowest BCUT2D eigenvalue weighted by Gasteiger charge is -2.34. The fourth-order valence-corrected chi connectivity index (χ4v) is 8.93. The van der Waals surface area contributed by atoms with Crippen LogP contribution in [0.4, 0.5) is 10.2 Å². The third kappa shape index (κ3) is 4.72. The summed E-state index contributed by atoms with van der Waals surface area (Å²) >= 11 is 6.65. The number of halogens is 2. The molecule has 0 amide bonds. The number of aromatic nitrogens is 3. The largest absolute Gasteiger partial charge is 0.461 e. The SMILES string of the molecule is Fc1c(-c2cccc3cccc(Cl)c23)ncc2c(N3C[C@H]4CC[C@@H](C3)N4)nc(OCC34CCCN3CC(c3ccccc3)C4)nc12. The molecule has 46 heavy (non-hydrogen) atoms. The Morgan fingerprint density at radius 3 is 2.59 bits per heavy atom. The number of rotatable bonds is 6. The molecule has 4 atom stereocenters. The van der Waals surface area contributed by atoms with E-state index >= 15 is 4.39 Å². The molecular formula is C37H36ClFN6O. The number of pyridine rings is 1. The molecule has 3 aromatic carbocycles. The highest BCUT2D eigenvalue weighted by atomic mass is 35.5. The van der Waals surface area contributed by atoms with Crippen LogP contribution in [0.25, 0.3) is 32.9 Å². The van der Waals surface area contributed by atoms with Crippen LogP contribution in [-0.2, 0) is 0 Å². The molecule has 6 heterocycles. The average Bonchev–Trinajstić information content (AvgIpc) is 3.75. The minimum Gasteiger partial charge on any atom is -0.461 e. The maximum absolute atomic E-state index is 16.8. The molecule has 5 aromatic rings. The van der Waals surface area contributed by atoms with Gasteiger partial charge in [0, 0.05) is 53.9 Å². The van der Waals surface area contributed by atoms with Gasteiger partial charge in [-0.25, -0.2) is 4.39 Å². The summed E-state index contributed by atoms with van der Waals surface area (Å²) in [5.74, 6) is 0.678. The second-order valence-corrected chi connectivity index (χ2v) is 14.0. The Morgan fingerprint density at radius 1 is 0.957 bits per heavy atom. The van der Waals surface area contributed by atoms with E-state index in [1.807, 2.05) is 36.4 Å². The van der Waals surface area contributed by atoms with E-state index < -0.39 is 5.82 Å². The highest BCUT2D eigenvalue weighted by Crippen LogP contribution is 2.46. The van der Waals surface area contributed by atoms with E-state index in [1.165, 1.54) is 5.56 Å². The Kier molecular flexibility index (Phi) is 6.88. The van der Waals surface area contributed by atoms with Gasteiger partial charge in [0.05, 0.1) is 10.9 Å². The second kappa shape index (κ2) is 11.1. The second-order valence-electron chi connectivity index (χ2n) is 13.6. The number of fused-ring (bicyclic) bond motifs is 5. The van der Waals surface area contributed by atoms with Gasteiger partial charge in [-0.15, -0.1) is 0 Å². The zero-order valence-corrected chi connectivity index (χ0v) is 26.4. The maximum atomic E-state index is 16.8. The number of hydrogen-bond acceptors (Lipinski definition) is 7. The lowest BCUT2D eigenvalue weighted by molar-refractivity contribution is 0.108. The quantitative estimate of drug-likeness (QED) is 0.216. The zero-order chi connectivity index (χ0) is 30.8.